The van der Waals surface area contributed by atoms with E-state index in [4.69, 9.17) is 5.73 Å². The molecule has 4 nitrogen and oxygen atoms in total. The molecule has 96 valence electrons. The summed E-state index contributed by atoms with van der Waals surface area (Å²) in [5.74, 6) is 0.0298. The summed E-state index contributed by atoms with van der Waals surface area (Å²) in [5, 5.41) is 6.09. The maximum Gasteiger partial charge on any atom is 0.221 e. The number of hydrogen-bond donors (Lipinski definition) is 3. The first-order chi connectivity index (χ1) is 7.83. The van der Waals surface area contributed by atoms with Gasteiger partial charge >= 0.3 is 0 Å². The molecule has 0 aliphatic rings. The molecule has 0 bridgehead atoms. The van der Waals surface area contributed by atoms with E-state index < -0.39 is 0 Å². The molecular weight excluding hydrogens is 238 g/mol. The number of amides is 1. The lowest BCUT2D eigenvalue weighted by Crippen LogP contribution is -2.27. The first-order valence-corrected chi connectivity index (χ1v) is 5.58. The van der Waals surface area contributed by atoms with Crippen molar-refractivity contribution in [1.82, 2.24) is 5.32 Å². The van der Waals surface area contributed by atoms with Crippen molar-refractivity contribution in [3.8, 4) is 0 Å². The average molecular weight is 258 g/mol. The van der Waals surface area contributed by atoms with Crippen molar-refractivity contribution < 1.29 is 4.79 Å². The highest BCUT2D eigenvalue weighted by molar-refractivity contribution is 5.85. The Morgan fingerprint density at radius 2 is 1.88 bits per heavy atom. The Labute approximate surface area is 108 Å². The highest BCUT2D eigenvalue weighted by atomic mass is 35.5. The molecule has 0 atom stereocenters. The molecule has 5 heteroatoms. The Morgan fingerprint density at radius 1 is 1.18 bits per heavy atom. The van der Waals surface area contributed by atoms with Crippen molar-refractivity contribution in [2.45, 2.75) is 12.8 Å². The van der Waals surface area contributed by atoms with Crippen LogP contribution in [0.1, 0.15) is 12.8 Å². The van der Waals surface area contributed by atoms with Gasteiger partial charge in [0, 0.05) is 31.7 Å². The normalized spacial score (nSPS) is 9.24. The first-order valence-electron chi connectivity index (χ1n) is 5.58. The van der Waals surface area contributed by atoms with Crippen LogP contribution in [0, 0.1) is 0 Å². The third-order valence-electron chi connectivity index (χ3n) is 2.15. The van der Waals surface area contributed by atoms with E-state index in [1.165, 1.54) is 0 Å². The van der Waals surface area contributed by atoms with Crippen LogP contribution in [-0.4, -0.2) is 25.5 Å². The smallest absolute Gasteiger partial charge is 0.221 e. The molecule has 17 heavy (non-hydrogen) atoms. The van der Waals surface area contributed by atoms with Crippen LogP contribution in [0.2, 0.25) is 0 Å². The van der Waals surface area contributed by atoms with Crippen LogP contribution in [0.5, 0.6) is 0 Å². The molecule has 0 unspecified atom stereocenters. The lowest BCUT2D eigenvalue weighted by molar-refractivity contribution is -0.120. The summed E-state index contributed by atoms with van der Waals surface area (Å²) >= 11 is 0. The van der Waals surface area contributed by atoms with Crippen molar-refractivity contribution in [2.75, 3.05) is 25.0 Å². The number of halogens is 1. The topological polar surface area (TPSA) is 67.2 Å². The molecule has 0 aromatic heterocycles. The number of benzene rings is 1. The monoisotopic (exact) mass is 257 g/mol. The van der Waals surface area contributed by atoms with Gasteiger partial charge in [-0.25, -0.2) is 0 Å². The van der Waals surface area contributed by atoms with Gasteiger partial charge in [-0.2, -0.15) is 0 Å². The molecule has 0 aliphatic carbocycles. The second kappa shape index (κ2) is 9.93. The summed E-state index contributed by atoms with van der Waals surface area (Å²) in [6.45, 7) is 1.96. The average Bonchev–Trinajstić information content (AvgIpc) is 2.30. The van der Waals surface area contributed by atoms with Crippen LogP contribution >= 0.6 is 12.4 Å². The van der Waals surface area contributed by atoms with E-state index >= 15 is 0 Å². The Balaban J connectivity index is 0.00000256. The van der Waals surface area contributed by atoms with Gasteiger partial charge in [0.2, 0.25) is 5.91 Å². The number of hydrogen-bond acceptors (Lipinski definition) is 3. The zero-order valence-electron chi connectivity index (χ0n) is 9.82. The van der Waals surface area contributed by atoms with Gasteiger partial charge in [0.15, 0.2) is 0 Å². The van der Waals surface area contributed by atoms with Crippen LogP contribution in [0.3, 0.4) is 0 Å². The van der Waals surface area contributed by atoms with E-state index in [9.17, 15) is 4.79 Å². The largest absolute Gasteiger partial charge is 0.385 e. The standard InChI is InChI=1S/C12H19N3O.ClH/c13-8-7-12(16)15-10-4-9-14-11-5-2-1-3-6-11;/h1-3,5-6,14H,4,7-10,13H2,(H,15,16);1H. The van der Waals surface area contributed by atoms with Crippen molar-refractivity contribution in [1.29, 1.82) is 0 Å². The molecule has 1 rings (SSSR count). The number of nitrogens with one attached hydrogen (secondary N) is 2. The Kier molecular flexibility index (Phi) is 9.19. The molecule has 0 radical (unpaired) electrons. The van der Waals surface area contributed by atoms with E-state index in [1.54, 1.807) is 0 Å². The lowest BCUT2D eigenvalue weighted by Gasteiger charge is -2.06. The molecule has 0 heterocycles. The van der Waals surface area contributed by atoms with Gasteiger partial charge in [0.05, 0.1) is 0 Å². The summed E-state index contributed by atoms with van der Waals surface area (Å²) in [7, 11) is 0. The third kappa shape index (κ3) is 7.60. The number of carbonyl (C=O) groups excluding carboxylic acids is 1. The molecule has 4 N–H and O–H groups in total. The van der Waals surface area contributed by atoms with Crippen LogP contribution in [0.4, 0.5) is 5.69 Å². The fraction of sp³-hybridized carbons (Fsp3) is 0.417. The fourth-order valence-corrected chi connectivity index (χ4v) is 1.32. The summed E-state index contributed by atoms with van der Waals surface area (Å²) < 4.78 is 0. The second-order valence-corrected chi connectivity index (χ2v) is 3.53. The number of nitrogens with two attached hydrogens (primary N) is 1. The maximum absolute atomic E-state index is 11.1. The quantitative estimate of drug-likeness (QED) is 0.647. The fourth-order valence-electron chi connectivity index (χ4n) is 1.32. The van der Waals surface area contributed by atoms with E-state index in [0.29, 0.717) is 19.5 Å². The van der Waals surface area contributed by atoms with Crippen LogP contribution in [0.25, 0.3) is 0 Å². The summed E-state index contributed by atoms with van der Waals surface area (Å²) in [6.07, 6.45) is 1.32. The molecule has 0 spiro atoms. The van der Waals surface area contributed by atoms with Crippen molar-refractivity contribution in [3.05, 3.63) is 30.3 Å². The summed E-state index contributed by atoms with van der Waals surface area (Å²) in [4.78, 5) is 11.1. The van der Waals surface area contributed by atoms with Crippen molar-refractivity contribution in [3.63, 3.8) is 0 Å². The van der Waals surface area contributed by atoms with Gasteiger partial charge in [0.1, 0.15) is 0 Å². The van der Waals surface area contributed by atoms with Crippen LogP contribution in [0.15, 0.2) is 30.3 Å². The minimum Gasteiger partial charge on any atom is -0.385 e. The molecular formula is C12H20ClN3O. The Bertz CT molecular complexity index is 306. The van der Waals surface area contributed by atoms with E-state index in [2.05, 4.69) is 10.6 Å². The highest BCUT2D eigenvalue weighted by Crippen LogP contribution is 2.03. The minimum atomic E-state index is 0. The van der Waals surface area contributed by atoms with Gasteiger partial charge in [-0.15, -0.1) is 12.4 Å². The Morgan fingerprint density at radius 3 is 2.53 bits per heavy atom. The first kappa shape index (κ1) is 15.7. The van der Waals surface area contributed by atoms with Crippen molar-refractivity contribution in [2.24, 2.45) is 5.73 Å². The lowest BCUT2D eigenvalue weighted by atomic mass is 10.3. The van der Waals surface area contributed by atoms with E-state index in [0.717, 1.165) is 18.7 Å². The van der Waals surface area contributed by atoms with Gasteiger partial charge in [-0.3, -0.25) is 4.79 Å². The predicted molar refractivity (Wildman–Crippen MR) is 73.5 cm³/mol. The number of rotatable bonds is 7. The summed E-state index contributed by atoms with van der Waals surface area (Å²) in [6, 6.07) is 10.0. The highest BCUT2D eigenvalue weighted by Gasteiger charge is 1.97. The zero-order valence-corrected chi connectivity index (χ0v) is 10.6. The van der Waals surface area contributed by atoms with Gasteiger partial charge < -0.3 is 16.4 Å². The Hall–Kier alpha value is -1.26. The predicted octanol–water partition coefficient (Wildman–Crippen LogP) is 1.38. The van der Waals surface area contributed by atoms with Gasteiger partial charge in [-0.05, 0) is 18.6 Å². The molecule has 0 aliphatic heterocycles. The molecule has 0 fully saturated rings. The third-order valence-corrected chi connectivity index (χ3v) is 2.15. The zero-order chi connectivity index (χ0) is 11.6. The number of anilines is 1. The number of carbonyl (C=O) groups is 1. The van der Waals surface area contributed by atoms with Crippen LogP contribution < -0.4 is 16.4 Å². The molecule has 0 saturated heterocycles. The molecule has 1 amide bonds. The van der Waals surface area contributed by atoms with Gasteiger partial charge in [0.25, 0.3) is 0 Å². The molecule has 0 saturated carbocycles. The molecule has 1 aromatic rings. The SMILES string of the molecule is Cl.NCCC(=O)NCCCNc1ccccc1. The van der Waals surface area contributed by atoms with E-state index in [1.807, 2.05) is 30.3 Å². The minimum absolute atomic E-state index is 0. The maximum atomic E-state index is 11.1. The van der Waals surface area contributed by atoms with Gasteiger partial charge in [-0.1, -0.05) is 18.2 Å². The second-order valence-electron chi connectivity index (χ2n) is 3.53. The number of para-hydroxylation sites is 1. The molecule has 1 aromatic carbocycles. The summed E-state index contributed by atoms with van der Waals surface area (Å²) in [5.41, 5.74) is 6.37. The van der Waals surface area contributed by atoms with E-state index in [-0.39, 0.29) is 18.3 Å². The van der Waals surface area contributed by atoms with Crippen molar-refractivity contribution >= 4 is 24.0 Å². The van der Waals surface area contributed by atoms with Crippen LogP contribution in [-0.2, 0) is 4.79 Å².